The van der Waals surface area contributed by atoms with Crippen molar-refractivity contribution in [3.63, 3.8) is 0 Å². The molecule has 0 radical (unpaired) electrons. The summed E-state index contributed by atoms with van der Waals surface area (Å²) in [5.41, 5.74) is 0. The zero-order chi connectivity index (χ0) is 16.6. The van der Waals surface area contributed by atoms with Crippen molar-refractivity contribution in [1.82, 2.24) is 15.1 Å². The average Bonchev–Trinajstić information content (AvgIpc) is 3.15. The summed E-state index contributed by atoms with van der Waals surface area (Å²) in [7, 11) is -3.01. The van der Waals surface area contributed by atoms with Crippen LogP contribution in [0.2, 0.25) is 0 Å². The molecule has 1 saturated carbocycles. The van der Waals surface area contributed by atoms with E-state index >= 15 is 0 Å². The van der Waals surface area contributed by atoms with Gasteiger partial charge >= 0.3 is 0 Å². The Morgan fingerprint density at radius 1 is 1.39 bits per heavy atom. The number of hydrogen-bond acceptors (Lipinski definition) is 7. The van der Waals surface area contributed by atoms with Crippen LogP contribution in [-0.2, 0) is 14.6 Å². The lowest BCUT2D eigenvalue weighted by atomic mass is 10.2. The molecule has 7 nitrogen and oxygen atoms in total. The van der Waals surface area contributed by atoms with Gasteiger partial charge in [0, 0.05) is 18.5 Å². The molecule has 9 heteroatoms. The summed E-state index contributed by atoms with van der Waals surface area (Å²) in [5, 5.41) is 8.02. The fourth-order valence-electron chi connectivity index (χ4n) is 2.81. The molecule has 2 aliphatic rings. The van der Waals surface area contributed by atoms with Crippen molar-refractivity contribution >= 4 is 27.5 Å². The van der Waals surface area contributed by atoms with E-state index in [9.17, 15) is 13.2 Å². The zero-order valence-corrected chi connectivity index (χ0v) is 14.9. The molecule has 1 amide bonds. The number of rotatable bonds is 6. The Morgan fingerprint density at radius 3 is 2.70 bits per heavy atom. The predicted octanol–water partition coefficient (Wildman–Crippen LogP) is 1.46. The fraction of sp³-hybridized carbons (Fsp3) is 0.786. The van der Waals surface area contributed by atoms with Crippen molar-refractivity contribution in [1.29, 1.82) is 0 Å². The molecule has 1 aliphatic heterocycles. The molecular weight excluding hydrogens is 338 g/mol. The first-order chi connectivity index (χ1) is 10.9. The maximum Gasteiger partial charge on any atom is 0.277 e. The smallest absolute Gasteiger partial charge is 0.277 e. The molecule has 0 N–H and O–H groups in total. The Bertz CT molecular complexity index is 684. The first-order valence-electron chi connectivity index (χ1n) is 7.90. The Morgan fingerprint density at radius 2 is 2.13 bits per heavy atom. The first kappa shape index (κ1) is 16.8. The van der Waals surface area contributed by atoms with Crippen LogP contribution >= 0.6 is 11.8 Å². The third kappa shape index (κ3) is 3.88. The summed E-state index contributed by atoms with van der Waals surface area (Å²) >= 11 is 1.24. The first-order valence-corrected chi connectivity index (χ1v) is 10.6. The molecule has 23 heavy (non-hydrogen) atoms. The van der Waals surface area contributed by atoms with Gasteiger partial charge in [-0.15, -0.1) is 10.2 Å². The Balaban J connectivity index is 1.62. The monoisotopic (exact) mass is 359 g/mol. The van der Waals surface area contributed by atoms with E-state index in [1.807, 2.05) is 6.92 Å². The minimum Gasteiger partial charge on any atom is -0.416 e. The second kappa shape index (κ2) is 6.43. The Kier molecular flexibility index (Phi) is 4.68. The van der Waals surface area contributed by atoms with Crippen molar-refractivity contribution < 1.29 is 17.6 Å². The molecule has 3 rings (SSSR count). The van der Waals surface area contributed by atoms with Crippen molar-refractivity contribution in [2.75, 3.05) is 18.1 Å². The van der Waals surface area contributed by atoms with Gasteiger partial charge in [0.15, 0.2) is 9.84 Å². The molecular formula is C14H21N3O4S2. The van der Waals surface area contributed by atoms with Gasteiger partial charge in [0.25, 0.3) is 5.22 Å². The fourth-order valence-corrected chi connectivity index (χ4v) is 5.30. The molecule has 0 bridgehead atoms. The molecule has 1 aromatic heterocycles. The van der Waals surface area contributed by atoms with E-state index in [2.05, 4.69) is 10.2 Å². The van der Waals surface area contributed by atoms with E-state index in [0.29, 0.717) is 30.0 Å². The van der Waals surface area contributed by atoms with E-state index < -0.39 is 9.84 Å². The summed E-state index contributed by atoms with van der Waals surface area (Å²) in [6.45, 7) is 4.17. The number of aromatic nitrogens is 2. The van der Waals surface area contributed by atoms with Gasteiger partial charge in [-0.05, 0) is 33.1 Å². The molecule has 128 valence electrons. The van der Waals surface area contributed by atoms with Gasteiger partial charge in [0.2, 0.25) is 11.8 Å². The largest absolute Gasteiger partial charge is 0.416 e. The SMILES string of the molecule is CCN(C(=O)[C@@H](C)Sc1nnc(C2CC2)o1)[C@H]1CCS(=O)(=O)C1. The summed E-state index contributed by atoms with van der Waals surface area (Å²) < 4.78 is 28.9. The highest BCUT2D eigenvalue weighted by Gasteiger charge is 2.36. The minimum absolute atomic E-state index is 0.0658. The number of carbonyl (C=O) groups excluding carboxylic acids is 1. The summed E-state index contributed by atoms with van der Waals surface area (Å²) in [6, 6.07) is -0.217. The average molecular weight is 359 g/mol. The molecule has 1 aliphatic carbocycles. The lowest BCUT2D eigenvalue weighted by molar-refractivity contribution is -0.131. The van der Waals surface area contributed by atoms with Crippen LogP contribution in [0.25, 0.3) is 0 Å². The topological polar surface area (TPSA) is 93.4 Å². The third-order valence-electron chi connectivity index (χ3n) is 4.25. The molecule has 1 saturated heterocycles. The Labute approximate surface area is 140 Å². The van der Waals surface area contributed by atoms with Gasteiger partial charge < -0.3 is 9.32 Å². The lowest BCUT2D eigenvalue weighted by Gasteiger charge is -2.28. The summed E-state index contributed by atoms with van der Waals surface area (Å²) in [4.78, 5) is 14.3. The van der Waals surface area contributed by atoms with Crippen LogP contribution in [0.1, 0.15) is 44.9 Å². The highest BCUT2D eigenvalue weighted by atomic mass is 32.2. The maximum absolute atomic E-state index is 12.7. The van der Waals surface area contributed by atoms with E-state index in [-0.39, 0.29) is 28.7 Å². The van der Waals surface area contributed by atoms with Gasteiger partial charge in [0.1, 0.15) is 0 Å². The van der Waals surface area contributed by atoms with Crippen LogP contribution in [0.5, 0.6) is 0 Å². The maximum atomic E-state index is 12.7. The molecule has 1 aromatic rings. The Hall–Kier alpha value is -1.09. The van der Waals surface area contributed by atoms with Crippen LogP contribution in [0, 0.1) is 0 Å². The van der Waals surface area contributed by atoms with Crippen LogP contribution in [-0.4, -0.2) is 58.8 Å². The van der Waals surface area contributed by atoms with Crippen molar-refractivity contribution in [3.8, 4) is 0 Å². The molecule has 2 heterocycles. The number of thioether (sulfide) groups is 1. The number of carbonyl (C=O) groups is 1. The molecule has 2 atom stereocenters. The second-order valence-corrected chi connectivity index (χ2v) is 9.64. The van der Waals surface area contributed by atoms with E-state index in [1.54, 1.807) is 11.8 Å². The van der Waals surface area contributed by atoms with Gasteiger partial charge in [-0.3, -0.25) is 4.79 Å². The van der Waals surface area contributed by atoms with Gasteiger partial charge in [0.05, 0.1) is 16.8 Å². The van der Waals surface area contributed by atoms with Crippen LogP contribution < -0.4 is 0 Å². The molecule has 2 fully saturated rings. The van der Waals surface area contributed by atoms with E-state index in [0.717, 1.165) is 12.8 Å². The summed E-state index contributed by atoms with van der Waals surface area (Å²) in [5.74, 6) is 1.19. The number of sulfone groups is 1. The molecule has 0 unspecified atom stereocenters. The van der Waals surface area contributed by atoms with E-state index in [4.69, 9.17) is 4.42 Å². The van der Waals surface area contributed by atoms with Crippen molar-refractivity contribution in [3.05, 3.63) is 5.89 Å². The van der Waals surface area contributed by atoms with Crippen LogP contribution in [0.3, 0.4) is 0 Å². The lowest BCUT2D eigenvalue weighted by Crippen LogP contribution is -2.44. The highest BCUT2D eigenvalue weighted by molar-refractivity contribution is 8.00. The molecule has 0 spiro atoms. The van der Waals surface area contributed by atoms with Gasteiger partial charge in [-0.2, -0.15) is 0 Å². The normalized spacial score (nSPS) is 24.5. The minimum atomic E-state index is -3.01. The standard InChI is InChI=1S/C14H21N3O4S2/c1-3-17(11-6-7-23(19,20)8-11)13(18)9(2)22-14-16-15-12(21-14)10-4-5-10/h9-11H,3-8H2,1-2H3/t9-,11+/m1/s1. The van der Waals surface area contributed by atoms with Gasteiger partial charge in [-0.1, -0.05) is 11.8 Å². The summed E-state index contributed by atoms with van der Waals surface area (Å²) in [6.07, 6.45) is 2.69. The molecule has 0 aromatic carbocycles. The van der Waals surface area contributed by atoms with Crippen LogP contribution in [0.15, 0.2) is 9.64 Å². The second-order valence-electron chi connectivity index (χ2n) is 6.12. The van der Waals surface area contributed by atoms with Crippen molar-refractivity contribution in [2.45, 2.75) is 55.5 Å². The van der Waals surface area contributed by atoms with E-state index in [1.165, 1.54) is 11.8 Å². The van der Waals surface area contributed by atoms with Crippen LogP contribution in [0.4, 0.5) is 0 Å². The van der Waals surface area contributed by atoms with Crippen molar-refractivity contribution in [2.24, 2.45) is 0 Å². The van der Waals surface area contributed by atoms with Gasteiger partial charge in [-0.25, -0.2) is 8.42 Å². The predicted molar refractivity (Wildman–Crippen MR) is 86.0 cm³/mol. The highest BCUT2D eigenvalue weighted by Crippen LogP contribution is 2.40. The number of hydrogen-bond donors (Lipinski definition) is 0. The number of amides is 1. The quantitative estimate of drug-likeness (QED) is 0.710. The third-order valence-corrected chi connectivity index (χ3v) is 6.92. The number of nitrogens with zero attached hydrogens (tertiary/aromatic N) is 3. The zero-order valence-electron chi connectivity index (χ0n) is 13.3.